The number of amides is 1. The molecule has 0 aliphatic heterocycles. The molecule has 1 N–H and O–H groups in total. The number of hydrogen-bond donors (Lipinski definition) is 1. The van der Waals surface area contributed by atoms with E-state index < -0.39 is 0 Å². The summed E-state index contributed by atoms with van der Waals surface area (Å²) in [6.45, 7) is 5.83. The molecule has 7 heteroatoms. The third kappa shape index (κ3) is 3.55. The molecule has 2 heterocycles. The van der Waals surface area contributed by atoms with E-state index >= 15 is 0 Å². The average molecular weight is 337 g/mol. The quantitative estimate of drug-likeness (QED) is 0.789. The second-order valence-electron chi connectivity index (χ2n) is 6.19. The third-order valence-corrected chi connectivity index (χ3v) is 3.83. The molecule has 0 saturated carbocycles. The van der Waals surface area contributed by atoms with Crippen molar-refractivity contribution < 1.29 is 4.79 Å². The van der Waals surface area contributed by atoms with Gasteiger partial charge in [0.2, 0.25) is 5.91 Å². The molecule has 1 aromatic carbocycles. The molecule has 7 nitrogen and oxygen atoms in total. The predicted molar refractivity (Wildman–Crippen MR) is 95.5 cm³/mol. The molecule has 128 valence electrons. The van der Waals surface area contributed by atoms with Crippen molar-refractivity contribution in [3.8, 4) is 0 Å². The molecule has 0 aliphatic rings. The van der Waals surface area contributed by atoms with E-state index in [0.717, 1.165) is 16.6 Å². The molecule has 2 aromatic heterocycles. The topological polar surface area (TPSA) is 89.8 Å². The number of rotatable bonds is 4. The molecule has 0 atom stereocenters. The highest BCUT2D eigenvalue weighted by Crippen LogP contribution is 2.22. The van der Waals surface area contributed by atoms with Gasteiger partial charge in [0.1, 0.15) is 18.7 Å². The van der Waals surface area contributed by atoms with E-state index in [1.807, 2.05) is 32.9 Å². The molecule has 0 radical (unpaired) electrons. The van der Waals surface area contributed by atoms with Crippen molar-refractivity contribution in [1.29, 1.82) is 0 Å². The molecule has 3 aromatic rings. The SMILES string of the molecule is Cc1ccc2c(=O)n(CC(=O)Nc3ccncn3)nc(C(C)C)c2c1. The zero-order valence-corrected chi connectivity index (χ0v) is 14.4. The van der Waals surface area contributed by atoms with Crippen molar-refractivity contribution in [3.63, 3.8) is 0 Å². The van der Waals surface area contributed by atoms with Crippen LogP contribution in [0, 0.1) is 6.92 Å². The van der Waals surface area contributed by atoms with E-state index in [0.29, 0.717) is 11.2 Å². The molecular weight excluding hydrogens is 318 g/mol. The van der Waals surface area contributed by atoms with Gasteiger partial charge in [0.05, 0.1) is 11.1 Å². The van der Waals surface area contributed by atoms with E-state index in [1.54, 1.807) is 12.1 Å². The van der Waals surface area contributed by atoms with E-state index in [2.05, 4.69) is 20.4 Å². The number of aryl methyl sites for hydroxylation is 1. The minimum Gasteiger partial charge on any atom is -0.309 e. The highest BCUT2D eigenvalue weighted by Gasteiger charge is 2.15. The van der Waals surface area contributed by atoms with Crippen molar-refractivity contribution in [3.05, 3.63) is 58.4 Å². The maximum Gasteiger partial charge on any atom is 0.275 e. The van der Waals surface area contributed by atoms with Crippen molar-refractivity contribution in [2.75, 3.05) is 5.32 Å². The number of aromatic nitrogens is 4. The average Bonchev–Trinajstić information content (AvgIpc) is 2.57. The summed E-state index contributed by atoms with van der Waals surface area (Å²) < 4.78 is 1.21. The fourth-order valence-electron chi connectivity index (χ4n) is 2.64. The fourth-order valence-corrected chi connectivity index (χ4v) is 2.64. The van der Waals surface area contributed by atoms with Crippen LogP contribution in [0.4, 0.5) is 5.82 Å². The largest absolute Gasteiger partial charge is 0.309 e. The van der Waals surface area contributed by atoms with Crippen LogP contribution in [0.1, 0.15) is 31.0 Å². The van der Waals surface area contributed by atoms with Crippen LogP contribution < -0.4 is 10.9 Å². The second-order valence-corrected chi connectivity index (χ2v) is 6.19. The van der Waals surface area contributed by atoms with Gasteiger partial charge in [0.25, 0.3) is 5.56 Å². The van der Waals surface area contributed by atoms with E-state index in [4.69, 9.17) is 0 Å². The predicted octanol–water partition coefficient (Wildman–Crippen LogP) is 2.26. The van der Waals surface area contributed by atoms with Crippen LogP contribution in [0.2, 0.25) is 0 Å². The number of carbonyl (C=O) groups excluding carboxylic acids is 1. The molecule has 0 aliphatic carbocycles. The van der Waals surface area contributed by atoms with Crippen LogP contribution in [0.25, 0.3) is 10.8 Å². The molecule has 25 heavy (non-hydrogen) atoms. The standard InChI is InChI=1S/C18H19N5O2/c1-11(2)17-14-8-12(3)4-5-13(14)18(25)23(22-17)9-16(24)21-15-6-7-19-10-20-15/h4-8,10-11H,9H2,1-3H3,(H,19,20,21,24). The van der Waals surface area contributed by atoms with Crippen LogP contribution in [0.3, 0.4) is 0 Å². The van der Waals surface area contributed by atoms with Gasteiger partial charge in [-0.3, -0.25) is 9.59 Å². The summed E-state index contributed by atoms with van der Waals surface area (Å²) in [6.07, 6.45) is 2.87. The molecule has 0 unspecified atom stereocenters. The summed E-state index contributed by atoms with van der Waals surface area (Å²) in [5, 5.41) is 8.48. The lowest BCUT2D eigenvalue weighted by atomic mass is 10.0. The van der Waals surface area contributed by atoms with Crippen LogP contribution in [-0.2, 0) is 11.3 Å². The Labute approximate surface area is 144 Å². The first-order valence-electron chi connectivity index (χ1n) is 8.03. The number of benzene rings is 1. The van der Waals surface area contributed by atoms with E-state index in [-0.39, 0.29) is 23.9 Å². The number of nitrogens with one attached hydrogen (secondary N) is 1. The molecule has 3 rings (SSSR count). The molecule has 1 amide bonds. The lowest BCUT2D eigenvalue weighted by molar-refractivity contribution is -0.117. The van der Waals surface area contributed by atoms with Crippen molar-refractivity contribution in [1.82, 2.24) is 19.7 Å². The van der Waals surface area contributed by atoms with Gasteiger partial charge in [0.15, 0.2) is 0 Å². The number of anilines is 1. The Kier molecular flexibility index (Phi) is 4.56. The maximum absolute atomic E-state index is 12.7. The van der Waals surface area contributed by atoms with Crippen LogP contribution in [0.15, 0.2) is 41.6 Å². The normalized spacial score (nSPS) is 11.0. The molecule has 0 saturated heterocycles. The van der Waals surface area contributed by atoms with Gasteiger partial charge in [-0.2, -0.15) is 5.10 Å². The highest BCUT2D eigenvalue weighted by atomic mass is 16.2. The van der Waals surface area contributed by atoms with Crippen LogP contribution in [0.5, 0.6) is 0 Å². The zero-order chi connectivity index (χ0) is 18.0. The Hall–Kier alpha value is -3.09. The molecule has 0 bridgehead atoms. The van der Waals surface area contributed by atoms with Gasteiger partial charge in [-0.05, 0) is 31.0 Å². The molecular formula is C18H19N5O2. The Morgan fingerprint density at radius 2 is 2.04 bits per heavy atom. The first-order chi connectivity index (χ1) is 12.0. The Morgan fingerprint density at radius 3 is 2.72 bits per heavy atom. The maximum atomic E-state index is 12.7. The minimum absolute atomic E-state index is 0.126. The second kappa shape index (κ2) is 6.80. The third-order valence-electron chi connectivity index (χ3n) is 3.83. The first kappa shape index (κ1) is 16.8. The van der Waals surface area contributed by atoms with Crippen molar-refractivity contribution in [2.24, 2.45) is 0 Å². The van der Waals surface area contributed by atoms with Gasteiger partial charge in [-0.25, -0.2) is 14.6 Å². The van der Waals surface area contributed by atoms with Gasteiger partial charge in [-0.15, -0.1) is 0 Å². The summed E-state index contributed by atoms with van der Waals surface area (Å²) in [6, 6.07) is 7.22. The van der Waals surface area contributed by atoms with Crippen molar-refractivity contribution in [2.45, 2.75) is 33.2 Å². The molecule has 0 spiro atoms. The fraction of sp³-hybridized carbons (Fsp3) is 0.278. The Morgan fingerprint density at radius 1 is 1.24 bits per heavy atom. The van der Waals surface area contributed by atoms with Crippen molar-refractivity contribution >= 4 is 22.5 Å². The van der Waals surface area contributed by atoms with Crippen LogP contribution in [-0.4, -0.2) is 25.7 Å². The smallest absolute Gasteiger partial charge is 0.275 e. The summed E-state index contributed by atoms with van der Waals surface area (Å²) in [7, 11) is 0. The van der Waals surface area contributed by atoms with E-state index in [1.165, 1.54) is 17.2 Å². The first-order valence-corrected chi connectivity index (χ1v) is 8.03. The zero-order valence-electron chi connectivity index (χ0n) is 14.4. The highest BCUT2D eigenvalue weighted by molar-refractivity contribution is 5.90. The summed E-state index contributed by atoms with van der Waals surface area (Å²) >= 11 is 0. The summed E-state index contributed by atoms with van der Waals surface area (Å²) in [5.41, 5.74) is 1.58. The van der Waals surface area contributed by atoms with Gasteiger partial charge in [-0.1, -0.05) is 25.5 Å². The van der Waals surface area contributed by atoms with Gasteiger partial charge < -0.3 is 5.32 Å². The van der Waals surface area contributed by atoms with E-state index in [9.17, 15) is 9.59 Å². The summed E-state index contributed by atoms with van der Waals surface area (Å²) in [4.78, 5) is 32.7. The number of carbonyl (C=O) groups is 1. The Balaban J connectivity index is 1.99. The number of hydrogen-bond acceptors (Lipinski definition) is 5. The van der Waals surface area contributed by atoms with Gasteiger partial charge in [0, 0.05) is 11.6 Å². The lowest BCUT2D eigenvalue weighted by Crippen LogP contribution is -2.31. The lowest BCUT2D eigenvalue weighted by Gasteiger charge is -2.13. The number of fused-ring (bicyclic) bond motifs is 1. The van der Waals surface area contributed by atoms with Gasteiger partial charge >= 0.3 is 0 Å². The Bertz CT molecular complexity index is 980. The monoisotopic (exact) mass is 337 g/mol. The molecule has 0 fully saturated rings. The summed E-state index contributed by atoms with van der Waals surface area (Å²) in [5.74, 6) is 0.143. The van der Waals surface area contributed by atoms with Crippen LogP contribution >= 0.6 is 0 Å². The minimum atomic E-state index is -0.366. The number of nitrogens with zero attached hydrogens (tertiary/aromatic N) is 4.